The Morgan fingerprint density at radius 3 is 2.69 bits per heavy atom. The van der Waals surface area contributed by atoms with Crippen LogP contribution in [0.5, 0.6) is 0 Å². The summed E-state index contributed by atoms with van der Waals surface area (Å²) in [5.41, 5.74) is 3.50. The van der Waals surface area contributed by atoms with Crippen molar-refractivity contribution in [2.45, 2.75) is 6.92 Å². The fraction of sp³-hybridized carbons (Fsp3) is 0.0769. The van der Waals surface area contributed by atoms with Gasteiger partial charge in [0.15, 0.2) is 0 Å². The molecular weight excluding hydrogens is 220 g/mol. The fourth-order valence-corrected chi connectivity index (χ4v) is 1.66. The molecule has 0 N–H and O–H groups in total. The lowest BCUT2D eigenvalue weighted by molar-refractivity contribution is 1.29. The number of aryl methyl sites for hydroxylation is 1. The molecule has 2 aromatic rings. The Morgan fingerprint density at radius 2 is 2.06 bits per heavy atom. The van der Waals surface area contributed by atoms with Crippen molar-refractivity contribution < 1.29 is 0 Å². The number of pyridine rings is 1. The number of nitrogens with zero attached hydrogens (tertiary/aromatic N) is 2. The van der Waals surface area contributed by atoms with E-state index in [0.29, 0.717) is 10.6 Å². The molecule has 0 amide bonds. The van der Waals surface area contributed by atoms with Gasteiger partial charge in [-0.15, -0.1) is 0 Å². The first-order valence-corrected chi connectivity index (χ1v) is 5.21. The van der Waals surface area contributed by atoms with E-state index in [-0.39, 0.29) is 0 Å². The van der Waals surface area contributed by atoms with Gasteiger partial charge < -0.3 is 0 Å². The van der Waals surface area contributed by atoms with Crippen LogP contribution in [0.4, 0.5) is 0 Å². The standard InChI is InChI=1S/C13H9ClN2/c1-9-2-4-11(14)6-12(9)13-5-3-10(7-15)8-16-13/h2-6,8H,1H3. The molecule has 3 heteroatoms. The van der Waals surface area contributed by atoms with Crippen LogP contribution in [-0.2, 0) is 0 Å². The van der Waals surface area contributed by atoms with Crippen LogP contribution in [-0.4, -0.2) is 4.98 Å². The quantitative estimate of drug-likeness (QED) is 0.748. The van der Waals surface area contributed by atoms with Crippen LogP contribution in [0.1, 0.15) is 11.1 Å². The fourth-order valence-electron chi connectivity index (χ4n) is 1.49. The van der Waals surface area contributed by atoms with Crippen molar-refractivity contribution in [1.29, 1.82) is 5.26 Å². The van der Waals surface area contributed by atoms with E-state index >= 15 is 0 Å². The molecule has 1 aromatic heterocycles. The highest BCUT2D eigenvalue weighted by Gasteiger charge is 2.04. The van der Waals surface area contributed by atoms with E-state index in [9.17, 15) is 0 Å². The molecule has 1 aromatic carbocycles. The maximum Gasteiger partial charge on any atom is 0.101 e. The lowest BCUT2D eigenvalue weighted by Crippen LogP contribution is -1.87. The molecule has 0 fully saturated rings. The zero-order chi connectivity index (χ0) is 11.5. The van der Waals surface area contributed by atoms with Gasteiger partial charge in [0, 0.05) is 16.8 Å². The van der Waals surface area contributed by atoms with Gasteiger partial charge in [-0.05, 0) is 36.8 Å². The van der Waals surface area contributed by atoms with E-state index in [4.69, 9.17) is 16.9 Å². The van der Waals surface area contributed by atoms with Crippen molar-refractivity contribution in [2.24, 2.45) is 0 Å². The molecule has 0 aliphatic rings. The number of hydrogen-bond donors (Lipinski definition) is 0. The summed E-state index contributed by atoms with van der Waals surface area (Å²) in [4.78, 5) is 4.24. The van der Waals surface area contributed by atoms with Crippen molar-refractivity contribution in [3.05, 3.63) is 52.7 Å². The number of halogens is 1. The second-order valence-corrected chi connectivity index (χ2v) is 3.94. The van der Waals surface area contributed by atoms with Gasteiger partial charge in [-0.1, -0.05) is 17.7 Å². The van der Waals surface area contributed by atoms with Gasteiger partial charge >= 0.3 is 0 Å². The third-order valence-electron chi connectivity index (χ3n) is 2.37. The number of benzene rings is 1. The summed E-state index contributed by atoms with van der Waals surface area (Å²) in [7, 11) is 0. The van der Waals surface area contributed by atoms with Gasteiger partial charge in [0.25, 0.3) is 0 Å². The van der Waals surface area contributed by atoms with Crippen molar-refractivity contribution in [1.82, 2.24) is 4.98 Å². The minimum absolute atomic E-state index is 0.559. The molecule has 16 heavy (non-hydrogen) atoms. The Kier molecular flexibility index (Phi) is 2.89. The summed E-state index contributed by atoms with van der Waals surface area (Å²) >= 11 is 5.95. The highest BCUT2D eigenvalue weighted by Crippen LogP contribution is 2.24. The van der Waals surface area contributed by atoms with Gasteiger partial charge in [0.2, 0.25) is 0 Å². The minimum atomic E-state index is 0.559. The van der Waals surface area contributed by atoms with Gasteiger partial charge in [0.05, 0.1) is 11.3 Å². The first-order valence-electron chi connectivity index (χ1n) is 4.83. The highest BCUT2D eigenvalue weighted by molar-refractivity contribution is 6.30. The summed E-state index contributed by atoms with van der Waals surface area (Å²) in [6, 6.07) is 11.3. The van der Waals surface area contributed by atoms with Crippen molar-refractivity contribution >= 4 is 11.6 Å². The number of rotatable bonds is 1. The summed E-state index contributed by atoms with van der Waals surface area (Å²) < 4.78 is 0. The normalized spacial score (nSPS) is 9.81. The molecule has 0 atom stereocenters. The maximum atomic E-state index is 8.69. The van der Waals surface area contributed by atoms with Crippen molar-refractivity contribution in [2.75, 3.05) is 0 Å². The Bertz CT molecular complexity index is 553. The van der Waals surface area contributed by atoms with E-state index in [0.717, 1.165) is 16.8 Å². The molecule has 0 bridgehead atoms. The van der Waals surface area contributed by atoms with Crippen LogP contribution in [0, 0.1) is 18.3 Å². The predicted octanol–water partition coefficient (Wildman–Crippen LogP) is 3.58. The molecule has 0 saturated carbocycles. The smallest absolute Gasteiger partial charge is 0.101 e. The molecule has 78 valence electrons. The lowest BCUT2D eigenvalue weighted by atomic mass is 10.1. The monoisotopic (exact) mass is 228 g/mol. The summed E-state index contributed by atoms with van der Waals surface area (Å²) in [5, 5.41) is 9.37. The van der Waals surface area contributed by atoms with E-state index in [1.165, 1.54) is 0 Å². The molecule has 1 heterocycles. The third-order valence-corrected chi connectivity index (χ3v) is 2.60. The average Bonchev–Trinajstić information content (AvgIpc) is 2.32. The van der Waals surface area contributed by atoms with E-state index in [1.54, 1.807) is 12.3 Å². The average molecular weight is 229 g/mol. The number of hydrogen-bond acceptors (Lipinski definition) is 2. The molecule has 0 unspecified atom stereocenters. The highest BCUT2D eigenvalue weighted by atomic mass is 35.5. The second kappa shape index (κ2) is 4.34. The molecule has 0 saturated heterocycles. The molecule has 2 rings (SSSR count). The van der Waals surface area contributed by atoms with Crippen LogP contribution >= 0.6 is 11.6 Å². The largest absolute Gasteiger partial charge is 0.255 e. The SMILES string of the molecule is Cc1ccc(Cl)cc1-c1ccc(C#N)cn1. The molecule has 0 aliphatic heterocycles. The molecule has 0 spiro atoms. The van der Waals surface area contributed by atoms with E-state index in [2.05, 4.69) is 4.98 Å². The summed E-state index contributed by atoms with van der Waals surface area (Å²) in [5.74, 6) is 0. The van der Waals surface area contributed by atoms with Gasteiger partial charge in [-0.25, -0.2) is 0 Å². The van der Waals surface area contributed by atoms with E-state index in [1.807, 2.05) is 37.3 Å². The first-order chi connectivity index (χ1) is 7.70. The van der Waals surface area contributed by atoms with Crippen LogP contribution in [0.25, 0.3) is 11.3 Å². The van der Waals surface area contributed by atoms with Crippen LogP contribution in [0.3, 0.4) is 0 Å². The van der Waals surface area contributed by atoms with Crippen LogP contribution in [0.15, 0.2) is 36.5 Å². The molecule has 2 nitrogen and oxygen atoms in total. The first kappa shape index (κ1) is 10.7. The van der Waals surface area contributed by atoms with Gasteiger partial charge in [-0.3, -0.25) is 4.98 Å². The van der Waals surface area contributed by atoms with E-state index < -0.39 is 0 Å². The van der Waals surface area contributed by atoms with Crippen molar-refractivity contribution in [3.8, 4) is 17.3 Å². The number of nitriles is 1. The Labute approximate surface area is 99.1 Å². The third kappa shape index (κ3) is 2.05. The van der Waals surface area contributed by atoms with Crippen molar-refractivity contribution in [3.63, 3.8) is 0 Å². The number of aromatic nitrogens is 1. The Hall–Kier alpha value is -1.85. The molecular formula is C13H9ClN2. The molecule has 0 radical (unpaired) electrons. The zero-order valence-electron chi connectivity index (χ0n) is 8.74. The lowest BCUT2D eigenvalue weighted by Gasteiger charge is -2.05. The summed E-state index contributed by atoms with van der Waals surface area (Å²) in [6.45, 7) is 2.01. The Morgan fingerprint density at radius 1 is 1.25 bits per heavy atom. The topological polar surface area (TPSA) is 36.7 Å². The summed E-state index contributed by atoms with van der Waals surface area (Å²) in [6.07, 6.45) is 1.57. The second-order valence-electron chi connectivity index (χ2n) is 3.50. The van der Waals surface area contributed by atoms with Crippen LogP contribution in [0.2, 0.25) is 5.02 Å². The molecule has 0 aliphatic carbocycles. The van der Waals surface area contributed by atoms with Gasteiger partial charge in [0.1, 0.15) is 6.07 Å². The minimum Gasteiger partial charge on any atom is -0.255 e. The zero-order valence-corrected chi connectivity index (χ0v) is 9.49. The van der Waals surface area contributed by atoms with Gasteiger partial charge in [-0.2, -0.15) is 5.26 Å². The maximum absolute atomic E-state index is 8.69. The predicted molar refractivity (Wildman–Crippen MR) is 64.1 cm³/mol. The Balaban J connectivity index is 2.50. The van der Waals surface area contributed by atoms with Crippen LogP contribution < -0.4 is 0 Å².